The highest BCUT2D eigenvalue weighted by Gasteiger charge is 2.30. The second kappa shape index (κ2) is 5.87. The molecule has 1 aromatic rings. The highest BCUT2D eigenvalue weighted by molar-refractivity contribution is 9.09. The Kier molecular flexibility index (Phi) is 4.46. The van der Waals surface area contributed by atoms with E-state index in [0.29, 0.717) is 6.42 Å². The van der Waals surface area contributed by atoms with Crippen molar-refractivity contribution < 1.29 is 4.79 Å². The molecule has 0 spiro atoms. The van der Waals surface area contributed by atoms with E-state index in [4.69, 9.17) is 11.6 Å². The van der Waals surface area contributed by atoms with Crippen LogP contribution in [0.4, 0.5) is 0 Å². The van der Waals surface area contributed by atoms with Gasteiger partial charge in [0.2, 0.25) is 5.91 Å². The molecule has 1 heterocycles. The average Bonchev–Trinajstić information content (AvgIpc) is 2.79. The SMILES string of the molecule is O=C(CCBr)N1CCCC1c1ccccc1Cl. The van der Waals surface area contributed by atoms with Gasteiger partial charge in [-0.15, -0.1) is 0 Å². The number of alkyl halides is 1. The Bertz CT molecular complexity index is 410. The molecule has 0 radical (unpaired) electrons. The summed E-state index contributed by atoms with van der Waals surface area (Å²) in [5.74, 6) is 0.212. The zero-order valence-corrected chi connectivity index (χ0v) is 11.9. The summed E-state index contributed by atoms with van der Waals surface area (Å²) in [6.45, 7) is 0.849. The minimum absolute atomic E-state index is 0.162. The lowest BCUT2D eigenvalue weighted by Gasteiger charge is -2.25. The summed E-state index contributed by atoms with van der Waals surface area (Å²) >= 11 is 9.52. The summed E-state index contributed by atoms with van der Waals surface area (Å²) in [4.78, 5) is 14.0. The zero-order chi connectivity index (χ0) is 12.3. The Morgan fingerprint density at radius 3 is 2.94 bits per heavy atom. The number of carbonyl (C=O) groups is 1. The molecule has 92 valence electrons. The van der Waals surface area contributed by atoms with E-state index in [9.17, 15) is 4.79 Å². The molecule has 4 heteroatoms. The minimum Gasteiger partial charge on any atom is -0.336 e. The van der Waals surface area contributed by atoms with Crippen molar-refractivity contribution in [2.75, 3.05) is 11.9 Å². The summed E-state index contributed by atoms with van der Waals surface area (Å²) in [5.41, 5.74) is 1.08. The maximum absolute atomic E-state index is 12.0. The van der Waals surface area contributed by atoms with E-state index in [1.165, 1.54) is 0 Å². The van der Waals surface area contributed by atoms with Crippen LogP contribution in [0.2, 0.25) is 5.02 Å². The van der Waals surface area contributed by atoms with Gasteiger partial charge in [0.25, 0.3) is 0 Å². The molecule has 0 aromatic heterocycles. The number of carbonyl (C=O) groups excluding carboxylic acids is 1. The van der Waals surface area contributed by atoms with Gasteiger partial charge < -0.3 is 4.90 Å². The first kappa shape index (κ1) is 12.9. The number of benzene rings is 1. The molecule has 0 N–H and O–H groups in total. The Balaban J connectivity index is 2.20. The summed E-state index contributed by atoms with van der Waals surface area (Å²) < 4.78 is 0. The van der Waals surface area contributed by atoms with Gasteiger partial charge in [-0.2, -0.15) is 0 Å². The summed E-state index contributed by atoms with van der Waals surface area (Å²) in [6.07, 6.45) is 2.63. The fraction of sp³-hybridized carbons (Fsp3) is 0.462. The topological polar surface area (TPSA) is 20.3 Å². The van der Waals surface area contributed by atoms with Gasteiger partial charge in [0.05, 0.1) is 6.04 Å². The Morgan fingerprint density at radius 1 is 1.47 bits per heavy atom. The second-order valence-electron chi connectivity index (χ2n) is 4.21. The van der Waals surface area contributed by atoms with Crippen molar-refractivity contribution in [2.45, 2.75) is 25.3 Å². The van der Waals surface area contributed by atoms with E-state index in [1.807, 2.05) is 29.2 Å². The molecule has 0 saturated carbocycles. The number of likely N-dealkylation sites (tertiary alicyclic amines) is 1. The van der Waals surface area contributed by atoms with Crippen LogP contribution in [0.15, 0.2) is 24.3 Å². The van der Waals surface area contributed by atoms with Gasteiger partial charge >= 0.3 is 0 Å². The molecule has 1 aromatic carbocycles. The van der Waals surface area contributed by atoms with Gasteiger partial charge in [0, 0.05) is 23.3 Å². The summed E-state index contributed by atoms with van der Waals surface area (Å²) in [7, 11) is 0. The monoisotopic (exact) mass is 315 g/mol. The Labute approximate surface area is 115 Å². The highest BCUT2D eigenvalue weighted by Crippen LogP contribution is 2.35. The molecular weight excluding hydrogens is 302 g/mol. The molecule has 1 aliphatic rings. The normalized spacial score (nSPS) is 19.6. The van der Waals surface area contributed by atoms with Crippen LogP contribution in [-0.2, 0) is 4.79 Å². The van der Waals surface area contributed by atoms with Gasteiger partial charge in [-0.25, -0.2) is 0 Å². The van der Waals surface area contributed by atoms with E-state index in [2.05, 4.69) is 15.9 Å². The third-order valence-electron chi connectivity index (χ3n) is 3.15. The van der Waals surface area contributed by atoms with Crippen molar-refractivity contribution in [1.29, 1.82) is 0 Å². The van der Waals surface area contributed by atoms with Crippen molar-refractivity contribution >= 4 is 33.4 Å². The molecule has 1 unspecified atom stereocenters. The van der Waals surface area contributed by atoms with Crippen LogP contribution in [0.1, 0.15) is 30.9 Å². The number of hydrogen-bond acceptors (Lipinski definition) is 1. The maximum Gasteiger partial charge on any atom is 0.223 e. The highest BCUT2D eigenvalue weighted by atomic mass is 79.9. The van der Waals surface area contributed by atoms with Crippen LogP contribution < -0.4 is 0 Å². The molecule has 0 aliphatic carbocycles. The van der Waals surface area contributed by atoms with E-state index in [-0.39, 0.29) is 11.9 Å². The minimum atomic E-state index is 0.162. The van der Waals surface area contributed by atoms with E-state index >= 15 is 0 Å². The van der Waals surface area contributed by atoms with Crippen LogP contribution in [-0.4, -0.2) is 22.7 Å². The third kappa shape index (κ3) is 2.83. The largest absolute Gasteiger partial charge is 0.336 e. The smallest absolute Gasteiger partial charge is 0.223 e. The van der Waals surface area contributed by atoms with Crippen molar-refractivity contribution in [2.24, 2.45) is 0 Å². The number of nitrogens with zero attached hydrogens (tertiary/aromatic N) is 1. The van der Waals surface area contributed by atoms with Crippen LogP contribution in [0.3, 0.4) is 0 Å². The molecular formula is C13H15BrClNO. The maximum atomic E-state index is 12.0. The fourth-order valence-electron chi connectivity index (χ4n) is 2.36. The summed E-state index contributed by atoms with van der Waals surface area (Å²) in [5, 5.41) is 1.48. The van der Waals surface area contributed by atoms with Crippen LogP contribution in [0.5, 0.6) is 0 Å². The molecule has 1 fully saturated rings. The van der Waals surface area contributed by atoms with Crippen LogP contribution in [0, 0.1) is 0 Å². The number of rotatable bonds is 3. The first-order valence-electron chi connectivity index (χ1n) is 5.84. The third-order valence-corrected chi connectivity index (χ3v) is 3.89. The molecule has 1 aliphatic heterocycles. The standard InChI is InChI=1S/C13H15BrClNO/c14-8-7-13(17)16-9-3-6-12(16)10-4-1-2-5-11(10)15/h1-2,4-5,12H,3,6-9H2. The van der Waals surface area contributed by atoms with Gasteiger partial charge in [-0.1, -0.05) is 45.7 Å². The molecule has 1 amide bonds. The van der Waals surface area contributed by atoms with Gasteiger partial charge in [-0.3, -0.25) is 4.79 Å². The molecule has 1 atom stereocenters. The second-order valence-corrected chi connectivity index (χ2v) is 5.41. The van der Waals surface area contributed by atoms with E-state index in [1.54, 1.807) is 0 Å². The molecule has 0 bridgehead atoms. The Hall–Kier alpha value is -0.540. The average molecular weight is 317 g/mol. The van der Waals surface area contributed by atoms with Gasteiger partial charge in [0.15, 0.2) is 0 Å². The number of hydrogen-bond donors (Lipinski definition) is 0. The quantitative estimate of drug-likeness (QED) is 0.777. The van der Waals surface area contributed by atoms with Crippen molar-refractivity contribution in [3.05, 3.63) is 34.9 Å². The summed E-state index contributed by atoms with van der Waals surface area (Å²) in [6, 6.07) is 7.97. The van der Waals surface area contributed by atoms with E-state index in [0.717, 1.165) is 35.3 Å². The predicted molar refractivity (Wildman–Crippen MR) is 73.6 cm³/mol. The van der Waals surface area contributed by atoms with Crippen molar-refractivity contribution in [3.8, 4) is 0 Å². The lowest BCUT2D eigenvalue weighted by atomic mass is 10.0. The van der Waals surface area contributed by atoms with Gasteiger partial charge in [-0.05, 0) is 24.5 Å². The van der Waals surface area contributed by atoms with Crippen molar-refractivity contribution in [1.82, 2.24) is 4.90 Å². The zero-order valence-electron chi connectivity index (χ0n) is 9.53. The number of amides is 1. The van der Waals surface area contributed by atoms with Crippen LogP contribution >= 0.6 is 27.5 Å². The molecule has 2 nitrogen and oxygen atoms in total. The van der Waals surface area contributed by atoms with Crippen molar-refractivity contribution in [3.63, 3.8) is 0 Å². The van der Waals surface area contributed by atoms with E-state index < -0.39 is 0 Å². The van der Waals surface area contributed by atoms with Gasteiger partial charge in [0.1, 0.15) is 0 Å². The first-order valence-corrected chi connectivity index (χ1v) is 7.34. The number of halogens is 2. The predicted octanol–water partition coefficient (Wildman–Crippen LogP) is 3.79. The fourth-order valence-corrected chi connectivity index (χ4v) is 2.96. The lowest BCUT2D eigenvalue weighted by Crippen LogP contribution is -2.30. The molecule has 1 saturated heterocycles. The first-order chi connectivity index (χ1) is 8.24. The Morgan fingerprint density at radius 2 is 2.24 bits per heavy atom. The molecule has 2 rings (SSSR count). The lowest BCUT2D eigenvalue weighted by molar-refractivity contribution is -0.131. The molecule has 17 heavy (non-hydrogen) atoms. The van der Waals surface area contributed by atoms with Crippen LogP contribution in [0.25, 0.3) is 0 Å².